The average Bonchev–Trinajstić information content (AvgIpc) is 3.10. The number of aliphatic hydroxyl groups is 1. The van der Waals surface area contributed by atoms with Crippen LogP contribution in [0.1, 0.15) is 26.4 Å². The van der Waals surface area contributed by atoms with Crippen molar-refractivity contribution in [3.63, 3.8) is 0 Å². The number of ketones is 1. The fourth-order valence-corrected chi connectivity index (χ4v) is 3.33. The number of rotatable bonds is 3. The average molecular weight is 309 g/mol. The molecular weight excluding hydrogens is 296 g/mol. The zero-order valence-electron chi connectivity index (χ0n) is 10.9. The van der Waals surface area contributed by atoms with E-state index in [1.807, 2.05) is 18.4 Å². The first-order valence-corrected chi connectivity index (χ1v) is 7.55. The van der Waals surface area contributed by atoms with Gasteiger partial charge >= 0.3 is 0 Å². The number of aliphatic hydroxyl groups excluding tert-OH is 1. The summed E-state index contributed by atoms with van der Waals surface area (Å²) in [6, 6.07) is 5.43. The van der Waals surface area contributed by atoms with Gasteiger partial charge in [0.15, 0.2) is 0 Å². The van der Waals surface area contributed by atoms with Crippen molar-refractivity contribution >= 4 is 28.7 Å². The van der Waals surface area contributed by atoms with Gasteiger partial charge in [-0.15, -0.1) is 11.3 Å². The Hall–Kier alpha value is -1.36. The molecule has 20 heavy (non-hydrogen) atoms. The van der Waals surface area contributed by atoms with Crippen LogP contribution in [-0.4, -0.2) is 23.6 Å². The molecule has 3 rings (SSSR count). The number of benzene rings is 1. The predicted molar refractivity (Wildman–Crippen MR) is 79.1 cm³/mol. The van der Waals surface area contributed by atoms with Gasteiger partial charge in [-0.1, -0.05) is 17.7 Å². The van der Waals surface area contributed by atoms with Gasteiger partial charge < -0.3 is 9.84 Å². The molecule has 1 aliphatic heterocycles. The first-order chi connectivity index (χ1) is 9.61. The van der Waals surface area contributed by atoms with Gasteiger partial charge in [-0.05, 0) is 30.0 Å². The lowest BCUT2D eigenvalue weighted by atomic mass is 9.99. The van der Waals surface area contributed by atoms with Crippen molar-refractivity contribution in [1.82, 2.24) is 0 Å². The van der Waals surface area contributed by atoms with E-state index in [-0.39, 0.29) is 18.5 Å². The van der Waals surface area contributed by atoms with Crippen molar-refractivity contribution in [2.45, 2.75) is 19.4 Å². The molecule has 5 heteroatoms. The first kappa shape index (κ1) is 13.6. The highest BCUT2D eigenvalue weighted by atomic mass is 35.5. The van der Waals surface area contributed by atoms with E-state index in [9.17, 15) is 9.90 Å². The Morgan fingerprint density at radius 2 is 2.40 bits per heavy atom. The maximum absolute atomic E-state index is 12.5. The molecule has 104 valence electrons. The standard InChI is InChI=1S/C15H13ClO3S/c1-8-13(16)11(14(18)12-3-2-4-20-12)6-9-5-10(7-17)19-15(8)9/h2-4,6,10,17H,5,7H2,1H3. The molecule has 1 aromatic heterocycles. The first-order valence-electron chi connectivity index (χ1n) is 6.29. The summed E-state index contributed by atoms with van der Waals surface area (Å²) in [5.41, 5.74) is 2.21. The lowest BCUT2D eigenvalue weighted by molar-refractivity contribution is 0.104. The number of carbonyl (C=O) groups excluding carboxylic acids is 1. The Morgan fingerprint density at radius 3 is 3.05 bits per heavy atom. The van der Waals surface area contributed by atoms with Crippen LogP contribution >= 0.6 is 22.9 Å². The van der Waals surface area contributed by atoms with Gasteiger partial charge in [-0.25, -0.2) is 0 Å². The fourth-order valence-electron chi connectivity index (χ4n) is 2.42. The maximum Gasteiger partial charge on any atom is 0.204 e. The van der Waals surface area contributed by atoms with E-state index in [2.05, 4.69) is 0 Å². The van der Waals surface area contributed by atoms with Gasteiger partial charge in [0, 0.05) is 17.5 Å². The minimum atomic E-state index is -0.244. The Balaban J connectivity index is 2.07. The van der Waals surface area contributed by atoms with Gasteiger partial charge in [0.25, 0.3) is 0 Å². The third-order valence-electron chi connectivity index (χ3n) is 3.44. The van der Waals surface area contributed by atoms with Crippen LogP contribution in [0.4, 0.5) is 0 Å². The quantitative estimate of drug-likeness (QED) is 0.886. The van der Waals surface area contributed by atoms with E-state index in [1.165, 1.54) is 11.3 Å². The highest BCUT2D eigenvalue weighted by Crippen LogP contribution is 2.39. The van der Waals surface area contributed by atoms with E-state index >= 15 is 0 Å². The molecule has 1 aromatic carbocycles. The van der Waals surface area contributed by atoms with Crippen molar-refractivity contribution in [3.8, 4) is 5.75 Å². The molecule has 0 saturated carbocycles. The Morgan fingerprint density at radius 1 is 1.60 bits per heavy atom. The molecule has 1 aliphatic rings. The number of fused-ring (bicyclic) bond motifs is 1. The summed E-state index contributed by atoms with van der Waals surface area (Å²) in [6.07, 6.45) is 0.362. The van der Waals surface area contributed by atoms with E-state index in [0.29, 0.717) is 27.6 Å². The van der Waals surface area contributed by atoms with Crippen LogP contribution in [0.25, 0.3) is 0 Å². The van der Waals surface area contributed by atoms with E-state index in [4.69, 9.17) is 16.3 Å². The van der Waals surface area contributed by atoms with Crippen LogP contribution in [0.3, 0.4) is 0 Å². The topological polar surface area (TPSA) is 46.5 Å². The van der Waals surface area contributed by atoms with Gasteiger partial charge in [0.2, 0.25) is 5.78 Å². The summed E-state index contributed by atoms with van der Waals surface area (Å²) < 4.78 is 5.65. The third-order valence-corrected chi connectivity index (χ3v) is 4.80. The number of carbonyl (C=O) groups is 1. The molecule has 1 atom stereocenters. The molecule has 0 saturated heterocycles. The Bertz CT molecular complexity index is 664. The minimum Gasteiger partial charge on any atom is -0.487 e. The number of hydrogen-bond acceptors (Lipinski definition) is 4. The molecular formula is C15H13ClO3S. The number of ether oxygens (including phenoxy) is 1. The molecule has 0 spiro atoms. The highest BCUT2D eigenvalue weighted by molar-refractivity contribution is 7.12. The zero-order valence-corrected chi connectivity index (χ0v) is 12.4. The van der Waals surface area contributed by atoms with Crippen molar-refractivity contribution in [1.29, 1.82) is 0 Å². The monoisotopic (exact) mass is 308 g/mol. The molecule has 0 amide bonds. The molecule has 0 aliphatic carbocycles. The molecule has 0 radical (unpaired) electrons. The molecule has 3 nitrogen and oxygen atoms in total. The summed E-state index contributed by atoms with van der Waals surface area (Å²) in [4.78, 5) is 13.1. The molecule has 2 aromatic rings. The van der Waals surface area contributed by atoms with E-state index < -0.39 is 0 Å². The highest BCUT2D eigenvalue weighted by Gasteiger charge is 2.28. The van der Waals surface area contributed by atoms with E-state index in [1.54, 1.807) is 12.1 Å². The second-order valence-electron chi connectivity index (χ2n) is 4.78. The van der Waals surface area contributed by atoms with E-state index in [0.717, 1.165) is 11.1 Å². The second-order valence-corrected chi connectivity index (χ2v) is 6.11. The SMILES string of the molecule is Cc1c(Cl)c(C(=O)c2cccs2)cc2c1OC(CO)C2. The van der Waals surface area contributed by atoms with Crippen LogP contribution in [0.5, 0.6) is 5.75 Å². The summed E-state index contributed by atoms with van der Waals surface area (Å²) in [6.45, 7) is 1.80. The summed E-state index contributed by atoms with van der Waals surface area (Å²) in [5, 5.41) is 11.5. The van der Waals surface area contributed by atoms with Crippen molar-refractivity contribution in [2.75, 3.05) is 6.61 Å². The largest absolute Gasteiger partial charge is 0.487 e. The molecule has 0 bridgehead atoms. The van der Waals surface area contributed by atoms with Crippen molar-refractivity contribution in [3.05, 3.63) is 50.2 Å². The second kappa shape index (κ2) is 5.20. The third kappa shape index (κ3) is 2.14. The summed E-state index contributed by atoms with van der Waals surface area (Å²) >= 11 is 7.72. The number of halogens is 1. The van der Waals surface area contributed by atoms with Crippen molar-refractivity contribution < 1.29 is 14.6 Å². The Labute approximate surface area is 125 Å². The molecule has 2 heterocycles. The van der Waals surface area contributed by atoms with Gasteiger partial charge in [-0.3, -0.25) is 4.79 Å². The molecule has 1 unspecified atom stereocenters. The Kier molecular flexibility index (Phi) is 3.54. The van der Waals surface area contributed by atoms with Crippen LogP contribution < -0.4 is 4.74 Å². The number of thiophene rings is 1. The van der Waals surface area contributed by atoms with Crippen LogP contribution in [0.15, 0.2) is 23.6 Å². The van der Waals surface area contributed by atoms with Gasteiger partial charge in [0.1, 0.15) is 11.9 Å². The molecule has 1 N–H and O–H groups in total. The van der Waals surface area contributed by atoms with Crippen molar-refractivity contribution in [2.24, 2.45) is 0 Å². The van der Waals surface area contributed by atoms with Crippen LogP contribution in [0.2, 0.25) is 5.02 Å². The smallest absolute Gasteiger partial charge is 0.204 e. The maximum atomic E-state index is 12.5. The number of hydrogen-bond donors (Lipinski definition) is 1. The van der Waals surface area contributed by atoms with Gasteiger partial charge in [0.05, 0.1) is 16.5 Å². The summed E-state index contributed by atoms with van der Waals surface area (Å²) in [7, 11) is 0. The minimum absolute atomic E-state index is 0.0417. The van der Waals surface area contributed by atoms with Crippen LogP contribution in [0, 0.1) is 6.92 Å². The van der Waals surface area contributed by atoms with Crippen LogP contribution in [-0.2, 0) is 6.42 Å². The lowest BCUT2D eigenvalue weighted by Gasteiger charge is -2.11. The zero-order chi connectivity index (χ0) is 14.3. The normalized spacial score (nSPS) is 16.9. The molecule has 0 fully saturated rings. The van der Waals surface area contributed by atoms with Gasteiger partial charge in [-0.2, -0.15) is 0 Å². The predicted octanol–water partition coefficient (Wildman–Crippen LogP) is 3.24. The fraction of sp³-hybridized carbons (Fsp3) is 0.267. The lowest BCUT2D eigenvalue weighted by Crippen LogP contribution is -2.17. The summed E-state index contributed by atoms with van der Waals surface area (Å²) in [5.74, 6) is 0.639.